The van der Waals surface area contributed by atoms with Gasteiger partial charge in [-0.25, -0.2) is 0 Å². The molecule has 23 heavy (non-hydrogen) atoms. The number of fused-ring (bicyclic) bond motifs is 1. The average Bonchev–Trinajstić information content (AvgIpc) is 2.54. The number of rotatable bonds is 3. The first-order chi connectivity index (χ1) is 11.0. The number of H-pyrrole nitrogens is 1. The number of ether oxygens (including phenoxy) is 1. The zero-order valence-corrected chi connectivity index (χ0v) is 13.4. The van der Waals surface area contributed by atoms with Crippen molar-refractivity contribution >= 4 is 28.7 Å². The molecule has 0 unspecified atom stereocenters. The third kappa shape index (κ3) is 2.68. The number of hydrogen-bond acceptors (Lipinski definition) is 4. The fourth-order valence-corrected chi connectivity index (χ4v) is 2.81. The highest BCUT2D eigenvalue weighted by Gasteiger charge is 2.21. The van der Waals surface area contributed by atoms with Crippen molar-refractivity contribution in [1.29, 1.82) is 0 Å². The lowest BCUT2D eigenvalue weighted by molar-refractivity contribution is -0.382. The number of benzene rings is 2. The summed E-state index contributed by atoms with van der Waals surface area (Å²) in [5.74, 6) is 0.606. The van der Waals surface area contributed by atoms with E-state index < -0.39 is 0 Å². The molecule has 0 aliphatic heterocycles. The largest absolute Gasteiger partial charge is 0.497 e. The van der Waals surface area contributed by atoms with Crippen molar-refractivity contribution in [3.63, 3.8) is 0 Å². The number of hydrogen-bond donors (Lipinski definition) is 1. The number of aromatic nitrogens is 1. The summed E-state index contributed by atoms with van der Waals surface area (Å²) in [6, 6.07) is 12.6. The molecule has 3 aromatic rings. The fourth-order valence-electron chi connectivity index (χ4n) is 2.54. The number of nitrogens with zero attached hydrogens (tertiary/aromatic N) is 1. The third-order valence-corrected chi connectivity index (χ3v) is 4.05. The van der Waals surface area contributed by atoms with Gasteiger partial charge < -0.3 is 9.72 Å². The number of nitrogens with one attached hydrogen (secondary N) is 1. The number of aryl methyl sites for hydroxylation is 1. The van der Waals surface area contributed by atoms with E-state index in [1.807, 2.05) is 31.2 Å². The Kier molecular flexibility index (Phi) is 3.83. The number of methoxy groups -OCH3 is 1. The van der Waals surface area contributed by atoms with Gasteiger partial charge in [0.05, 0.1) is 17.4 Å². The van der Waals surface area contributed by atoms with Gasteiger partial charge in [0.1, 0.15) is 16.1 Å². The monoisotopic (exact) mass is 326 g/mol. The van der Waals surface area contributed by atoms with Gasteiger partial charge in [-0.3, -0.25) is 10.1 Å². The van der Waals surface area contributed by atoms with Gasteiger partial charge in [0, 0.05) is 10.9 Å². The predicted octanol–water partition coefficient (Wildman–Crippen LogP) is 4.79. The Labute approximate surface area is 137 Å². The molecule has 5 nitrogen and oxygen atoms in total. The van der Waals surface area contributed by atoms with Gasteiger partial charge in [-0.15, -0.1) is 0 Å². The maximum absolute atomic E-state index is 11.7. The minimum Gasteiger partial charge on any atom is -0.497 e. The van der Waals surface area contributed by atoms with Gasteiger partial charge in [0.25, 0.3) is 0 Å². The first-order valence-corrected chi connectivity index (χ1v) is 7.37. The lowest BCUT2D eigenvalue weighted by Gasteiger charge is -2.09. The Balaban J connectivity index is 2.39. The van der Waals surface area contributed by atoms with E-state index in [4.69, 9.17) is 17.0 Å². The average molecular weight is 326 g/mol. The van der Waals surface area contributed by atoms with E-state index in [1.54, 1.807) is 25.3 Å². The molecule has 0 radical (unpaired) electrons. The quantitative estimate of drug-likeness (QED) is 0.427. The van der Waals surface area contributed by atoms with Gasteiger partial charge in [0.15, 0.2) is 0 Å². The molecule has 2 aromatic carbocycles. The van der Waals surface area contributed by atoms with Gasteiger partial charge >= 0.3 is 5.69 Å². The van der Waals surface area contributed by atoms with E-state index >= 15 is 0 Å². The van der Waals surface area contributed by atoms with E-state index in [0.717, 1.165) is 11.1 Å². The second-order valence-electron chi connectivity index (χ2n) is 5.21. The zero-order valence-electron chi connectivity index (χ0n) is 12.6. The Morgan fingerprint density at radius 1 is 1.13 bits per heavy atom. The van der Waals surface area contributed by atoms with Crippen LogP contribution in [0.3, 0.4) is 0 Å². The molecule has 116 valence electrons. The molecule has 0 aliphatic carbocycles. The second kappa shape index (κ2) is 5.81. The molecule has 1 N–H and O–H groups in total. The van der Waals surface area contributed by atoms with Crippen molar-refractivity contribution < 1.29 is 9.66 Å². The number of pyridine rings is 1. The van der Waals surface area contributed by atoms with E-state index in [1.165, 1.54) is 0 Å². The summed E-state index contributed by atoms with van der Waals surface area (Å²) in [6.45, 7) is 1.97. The molecule has 0 spiro atoms. The van der Waals surface area contributed by atoms with Crippen LogP contribution < -0.4 is 4.74 Å². The summed E-state index contributed by atoms with van der Waals surface area (Å²) < 4.78 is 5.62. The summed E-state index contributed by atoms with van der Waals surface area (Å²) in [5, 5.41) is 12.8. The lowest BCUT2D eigenvalue weighted by Crippen LogP contribution is -1.98. The summed E-state index contributed by atoms with van der Waals surface area (Å²) in [7, 11) is 1.54. The van der Waals surface area contributed by atoms with Crippen molar-refractivity contribution in [2.24, 2.45) is 0 Å². The van der Waals surface area contributed by atoms with Crippen LogP contribution in [0.4, 0.5) is 5.69 Å². The van der Waals surface area contributed by atoms with Crippen molar-refractivity contribution in [2.45, 2.75) is 6.92 Å². The minimum atomic E-state index is -0.380. The predicted molar refractivity (Wildman–Crippen MR) is 92.5 cm³/mol. The van der Waals surface area contributed by atoms with E-state index in [2.05, 4.69) is 4.98 Å². The molecule has 0 amide bonds. The molecule has 1 aromatic heterocycles. The van der Waals surface area contributed by atoms with Crippen LogP contribution >= 0.6 is 12.2 Å². The maximum atomic E-state index is 11.7. The first-order valence-electron chi connectivity index (χ1n) is 6.96. The normalized spacial score (nSPS) is 10.7. The molecular weight excluding hydrogens is 312 g/mol. The summed E-state index contributed by atoms with van der Waals surface area (Å²) >= 11 is 5.39. The molecule has 0 aliphatic rings. The zero-order chi connectivity index (χ0) is 16.6. The Bertz CT molecular complexity index is 962. The van der Waals surface area contributed by atoms with Crippen LogP contribution in [0, 0.1) is 21.7 Å². The van der Waals surface area contributed by atoms with E-state index in [0.29, 0.717) is 26.9 Å². The van der Waals surface area contributed by atoms with Crippen molar-refractivity contribution in [1.82, 2.24) is 4.98 Å². The van der Waals surface area contributed by atoms with Crippen molar-refractivity contribution in [3.8, 4) is 17.0 Å². The van der Waals surface area contributed by atoms with Crippen LogP contribution in [0.5, 0.6) is 5.75 Å². The smallest absolute Gasteiger partial charge is 0.301 e. The third-order valence-electron chi connectivity index (χ3n) is 3.72. The highest BCUT2D eigenvalue weighted by atomic mass is 32.1. The second-order valence-corrected chi connectivity index (χ2v) is 5.62. The van der Waals surface area contributed by atoms with E-state index in [-0.39, 0.29) is 10.6 Å². The Hall–Kier alpha value is -2.73. The Morgan fingerprint density at radius 2 is 1.83 bits per heavy atom. The van der Waals surface area contributed by atoms with Crippen molar-refractivity contribution in [2.75, 3.05) is 7.11 Å². The molecule has 1 heterocycles. The van der Waals surface area contributed by atoms with Crippen LogP contribution in [0.15, 0.2) is 42.5 Å². The SMILES string of the molecule is COc1ccc2c([N+](=O)[O-])c(-c3ccc(C)cc3)[nH]c(=S)c2c1. The van der Waals surface area contributed by atoms with Crippen LogP contribution in [0.2, 0.25) is 0 Å². The molecule has 3 rings (SSSR count). The van der Waals surface area contributed by atoms with Gasteiger partial charge in [0.2, 0.25) is 0 Å². The maximum Gasteiger partial charge on any atom is 0.301 e. The van der Waals surface area contributed by atoms with Crippen molar-refractivity contribution in [3.05, 3.63) is 62.8 Å². The molecule has 6 heteroatoms. The van der Waals surface area contributed by atoms with E-state index in [9.17, 15) is 10.1 Å². The van der Waals surface area contributed by atoms with Crippen LogP contribution in [-0.2, 0) is 0 Å². The molecule has 0 bridgehead atoms. The highest BCUT2D eigenvalue weighted by Crippen LogP contribution is 2.36. The summed E-state index contributed by atoms with van der Waals surface area (Å²) in [4.78, 5) is 14.3. The summed E-state index contributed by atoms with van der Waals surface area (Å²) in [6.07, 6.45) is 0. The van der Waals surface area contributed by atoms with Crippen LogP contribution in [0.25, 0.3) is 22.0 Å². The van der Waals surface area contributed by atoms with Gasteiger partial charge in [-0.1, -0.05) is 42.0 Å². The molecule has 0 saturated heterocycles. The topological polar surface area (TPSA) is 68.2 Å². The minimum absolute atomic E-state index is 0.0140. The van der Waals surface area contributed by atoms with Crippen LogP contribution in [-0.4, -0.2) is 17.0 Å². The van der Waals surface area contributed by atoms with Crippen LogP contribution in [0.1, 0.15) is 5.56 Å². The number of nitro groups is 1. The van der Waals surface area contributed by atoms with Gasteiger partial charge in [-0.2, -0.15) is 0 Å². The summed E-state index contributed by atoms with van der Waals surface area (Å²) in [5.41, 5.74) is 2.24. The lowest BCUT2D eigenvalue weighted by atomic mass is 10.0. The molecule has 0 saturated carbocycles. The first kappa shape index (κ1) is 15.2. The molecule has 0 atom stereocenters. The standard InChI is InChI=1S/C17H14N2O3S/c1-10-3-5-11(6-4-10)15-16(19(20)21)13-8-7-12(22-2)9-14(13)17(23)18-15/h3-9H,1-2H3,(H,18,23). The van der Waals surface area contributed by atoms with Gasteiger partial charge in [-0.05, 0) is 25.1 Å². The highest BCUT2D eigenvalue weighted by molar-refractivity contribution is 7.71. The molecular formula is C17H14N2O3S. The Morgan fingerprint density at radius 3 is 2.43 bits per heavy atom. The number of aromatic amines is 1. The molecule has 0 fully saturated rings. The fraction of sp³-hybridized carbons (Fsp3) is 0.118.